The Kier molecular flexibility index (Phi) is 9.49. The summed E-state index contributed by atoms with van der Waals surface area (Å²) < 4.78 is 11.5. The van der Waals surface area contributed by atoms with Crippen molar-refractivity contribution in [2.75, 3.05) is 19.7 Å². The fourth-order valence-corrected chi connectivity index (χ4v) is 4.39. The average molecular weight is 533 g/mol. The van der Waals surface area contributed by atoms with Gasteiger partial charge in [-0.3, -0.25) is 10.2 Å². The molecule has 0 aromatic heterocycles. The number of piperidine rings is 1. The van der Waals surface area contributed by atoms with Crippen molar-refractivity contribution in [1.29, 1.82) is 5.41 Å². The van der Waals surface area contributed by atoms with Crippen LogP contribution in [0.15, 0.2) is 84.9 Å². The summed E-state index contributed by atoms with van der Waals surface area (Å²) in [6.07, 6.45) is -1.22. The van der Waals surface area contributed by atoms with Gasteiger partial charge >= 0.3 is 12.1 Å². The van der Waals surface area contributed by atoms with Crippen LogP contribution in [0.2, 0.25) is 0 Å². The SMILES string of the molecule is N=C(N[C@H]1CCCN(C(=O)O)C1)c1ccc(OCC(ON)C(=O)OC(c2ccccc2)c2ccccc2)cc1. The zero-order chi connectivity index (χ0) is 27.6. The van der Waals surface area contributed by atoms with E-state index >= 15 is 0 Å². The van der Waals surface area contributed by atoms with Crippen molar-refractivity contribution < 1.29 is 29.0 Å². The number of ether oxygens (including phenoxy) is 2. The molecule has 3 aromatic carbocycles. The molecule has 5 N–H and O–H groups in total. The molecule has 10 heteroatoms. The zero-order valence-electron chi connectivity index (χ0n) is 21.4. The third kappa shape index (κ3) is 7.56. The third-order valence-electron chi connectivity index (χ3n) is 6.45. The van der Waals surface area contributed by atoms with Crippen molar-refractivity contribution in [3.8, 4) is 5.75 Å². The topological polar surface area (TPSA) is 147 Å². The molecule has 204 valence electrons. The summed E-state index contributed by atoms with van der Waals surface area (Å²) >= 11 is 0. The highest BCUT2D eigenvalue weighted by Gasteiger charge is 2.27. The van der Waals surface area contributed by atoms with Crippen molar-refractivity contribution >= 4 is 17.9 Å². The molecule has 0 saturated carbocycles. The van der Waals surface area contributed by atoms with Gasteiger partial charge in [0.25, 0.3) is 0 Å². The van der Waals surface area contributed by atoms with Crippen LogP contribution in [-0.2, 0) is 14.4 Å². The first-order valence-corrected chi connectivity index (χ1v) is 12.7. The normalized spacial score (nSPS) is 15.8. The highest BCUT2D eigenvalue weighted by Crippen LogP contribution is 2.26. The summed E-state index contributed by atoms with van der Waals surface area (Å²) in [5.41, 5.74) is 2.24. The minimum Gasteiger partial charge on any atom is -0.490 e. The Morgan fingerprint density at radius 1 is 1.00 bits per heavy atom. The molecule has 1 aliphatic heterocycles. The maximum atomic E-state index is 13.0. The summed E-state index contributed by atoms with van der Waals surface area (Å²) in [7, 11) is 0. The summed E-state index contributed by atoms with van der Waals surface area (Å²) in [6, 6.07) is 25.4. The third-order valence-corrected chi connectivity index (χ3v) is 6.45. The van der Waals surface area contributed by atoms with Gasteiger partial charge in [-0.2, -0.15) is 0 Å². The molecule has 10 nitrogen and oxygen atoms in total. The Bertz CT molecular complexity index is 1200. The Morgan fingerprint density at radius 3 is 2.18 bits per heavy atom. The number of nitrogens with zero attached hydrogens (tertiary/aromatic N) is 1. The second kappa shape index (κ2) is 13.4. The molecule has 0 spiro atoms. The summed E-state index contributed by atoms with van der Waals surface area (Å²) in [4.78, 5) is 30.4. The Hall–Kier alpha value is -4.41. The van der Waals surface area contributed by atoms with Crippen LogP contribution in [0.5, 0.6) is 5.75 Å². The molecule has 1 amide bonds. The van der Waals surface area contributed by atoms with Crippen LogP contribution in [0, 0.1) is 5.41 Å². The molecule has 1 unspecified atom stereocenters. The number of likely N-dealkylation sites (tertiary alicyclic amines) is 1. The standard InChI is InChI=1S/C29H32N4O6/c30-27(32-23-12-7-17-33(18-23)29(35)36)22-13-15-24(16-14-22)37-19-25(39-31)28(34)38-26(20-8-3-1-4-9-20)21-10-5-2-6-11-21/h1-6,8-11,13-16,23,25-26H,7,12,17-19,31H2,(H2,30,32)(H,35,36)/t23-,25?/m0/s1. The highest BCUT2D eigenvalue weighted by molar-refractivity contribution is 5.96. The van der Waals surface area contributed by atoms with Crippen molar-refractivity contribution in [2.45, 2.75) is 31.1 Å². The van der Waals surface area contributed by atoms with E-state index in [0.29, 0.717) is 24.4 Å². The number of amides is 1. The van der Waals surface area contributed by atoms with E-state index in [2.05, 4.69) is 5.32 Å². The fourth-order valence-electron chi connectivity index (χ4n) is 4.39. The molecule has 3 aromatic rings. The van der Waals surface area contributed by atoms with Gasteiger partial charge in [0.05, 0.1) is 0 Å². The average Bonchev–Trinajstić information content (AvgIpc) is 2.97. The second-order valence-corrected chi connectivity index (χ2v) is 9.19. The molecule has 1 fully saturated rings. The van der Waals surface area contributed by atoms with E-state index in [9.17, 15) is 14.7 Å². The summed E-state index contributed by atoms with van der Waals surface area (Å²) in [5, 5.41) is 20.7. The zero-order valence-corrected chi connectivity index (χ0v) is 21.4. The Labute approximate surface area is 226 Å². The van der Waals surface area contributed by atoms with Gasteiger partial charge in [-0.15, -0.1) is 0 Å². The molecule has 0 aliphatic carbocycles. The first kappa shape index (κ1) is 27.6. The van der Waals surface area contributed by atoms with Gasteiger partial charge in [-0.25, -0.2) is 15.5 Å². The largest absolute Gasteiger partial charge is 0.490 e. The number of nitrogens with one attached hydrogen (secondary N) is 2. The number of nitrogens with two attached hydrogens (primary N) is 1. The van der Waals surface area contributed by atoms with E-state index in [1.54, 1.807) is 24.3 Å². The molecule has 4 rings (SSSR count). The second-order valence-electron chi connectivity index (χ2n) is 9.19. The number of rotatable bonds is 10. The number of carbonyl (C=O) groups excluding carboxylic acids is 1. The maximum absolute atomic E-state index is 13.0. The smallest absolute Gasteiger partial charge is 0.407 e. The molecule has 0 radical (unpaired) electrons. The van der Waals surface area contributed by atoms with Crippen molar-refractivity contribution in [3.05, 3.63) is 102 Å². The molecule has 1 heterocycles. The number of benzene rings is 3. The van der Waals surface area contributed by atoms with Gasteiger partial charge < -0.3 is 24.8 Å². The molecular formula is C29H32N4O6. The van der Waals surface area contributed by atoms with Gasteiger partial charge in [0.1, 0.15) is 18.2 Å². The molecule has 39 heavy (non-hydrogen) atoms. The maximum Gasteiger partial charge on any atom is 0.407 e. The quantitative estimate of drug-likeness (QED) is 0.134. The monoisotopic (exact) mass is 532 g/mol. The van der Waals surface area contributed by atoms with Crippen molar-refractivity contribution in [2.24, 2.45) is 5.90 Å². The lowest BCUT2D eigenvalue weighted by molar-refractivity contribution is -0.163. The van der Waals surface area contributed by atoms with Gasteiger partial charge in [0, 0.05) is 24.7 Å². The predicted octanol–water partition coefficient (Wildman–Crippen LogP) is 3.71. The van der Waals surface area contributed by atoms with Gasteiger partial charge in [-0.1, -0.05) is 60.7 Å². The number of amidine groups is 1. The number of esters is 1. The minimum absolute atomic E-state index is 0.123. The fraction of sp³-hybridized carbons (Fsp3) is 0.276. The first-order valence-electron chi connectivity index (χ1n) is 12.7. The van der Waals surface area contributed by atoms with E-state index < -0.39 is 24.3 Å². The Balaban J connectivity index is 1.33. The minimum atomic E-state index is -1.16. The molecular weight excluding hydrogens is 500 g/mol. The van der Waals surface area contributed by atoms with Crippen LogP contribution in [0.25, 0.3) is 0 Å². The number of hydrogen-bond acceptors (Lipinski definition) is 7. The molecule has 2 atom stereocenters. The van der Waals surface area contributed by atoms with E-state index in [0.717, 1.165) is 24.0 Å². The van der Waals surface area contributed by atoms with Crippen LogP contribution < -0.4 is 16.0 Å². The summed E-state index contributed by atoms with van der Waals surface area (Å²) in [6.45, 7) is 0.672. The van der Waals surface area contributed by atoms with Crippen LogP contribution in [0.1, 0.15) is 35.6 Å². The van der Waals surface area contributed by atoms with E-state index in [-0.39, 0.29) is 18.5 Å². The number of carboxylic acid groups (broad SMARTS) is 1. The molecule has 0 bridgehead atoms. The lowest BCUT2D eigenvalue weighted by Crippen LogP contribution is -2.49. The van der Waals surface area contributed by atoms with Crippen LogP contribution >= 0.6 is 0 Å². The Morgan fingerprint density at radius 2 is 1.62 bits per heavy atom. The van der Waals surface area contributed by atoms with Gasteiger partial charge in [0.15, 0.2) is 6.10 Å². The predicted molar refractivity (Wildman–Crippen MR) is 144 cm³/mol. The molecule has 1 aliphatic rings. The molecule has 1 saturated heterocycles. The van der Waals surface area contributed by atoms with E-state index in [1.807, 2.05) is 60.7 Å². The van der Waals surface area contributed by atoms with Gasteiger partial charge in [-0.05, 0) is 48.2 Å². The summed E-state index contributed by atoms with van der Waals surface area (Å²) in [5.74, 6) is 5.40. The first-order chi connectivity index (χ1) is 18.9. The number of carbonyl (C=O) groups is 2. The van der Waals surface area contributed by atoms with Gasteiger partial charge in [0.2, 0.25) is 6.10 Å². The van der Waals surface area contributed by atoms with Crippen LogP contribution in [0.4, 0.5) is 4.79 Å². The number of hydrogen-bond donors (Lipinski definition) is 4. The van der Waals surface area contributed by atoms with Crippen molar-refractivity contribution in [1.82, 2.24) is 10.2 Å². The van der Waals surface area contributed by atoms with Crippen LogP contribution in [0.3, 0.4) is 0 Å². The van der Waals surface area contributed by atoms with Crippen LogP contribution in [-0.4, -0.2) is 59.7 Å². The highest BCUT2D eigenvalue weighted by atomic mass is 16.7. The lowest BCUT2D eigenvalue weighted by atomic mass is 10.0. The lowest BCUT2D eigenvalue weighted by Gasteiger charge is -2.31. The van der Waals surface area contributed by atoms with E-state index in [1.165, 1.54) is 4.90 Å². The van der Waals surface area contributed by atoms with E-state index in [4.69, 9.17) is 25.6 Å². The van der Waals surface area contributed by atoms with Crippen molar-refractivity contribution in [3.63, 3.8) is 0 Å².